The van der Waals surface area contributed by atoms with Gasteiger partial charge in [0.05, 0.1) is 33.2 Å². The van der Waals surface area contributed by atoms with Gasteiger partial charge in [-0.2, -0.15) is 0 Å². The van der Waals surface area contributed by atoms with E-state index in [1.165, 1.54) is 0 Å². The van der Waals surface area contributed by atoms with E-state index >= 15 is 0 Å². The van der Waals surface area contributed by atoms with Gasteiger partial charge in [0.15, 0.2) is 11.5 Å². The molecule has 2 N–H and O–H groups in total. The Labute approximate surface area is 111 Å². The standard InChI is InChI=1S/C13H16N2O4/c1-17-10-5-12(19-3)11(18-2)4-8(10)9-6-14-13(7-16)15-9/h4-6,16H,7H2,1-3H3,(H,14,15). The van der Waals surface area contributed by atoms with Crippen LogP contribution in [0.25, 0.3) is 11.3 Å². The number of methoxy groups -OCH3 is 3. The van der Waals surface area contributed by atoms with E-state index in [-0.39, 0.29) is 6.61 Å². The number of aromatic amines is 1. The number of imidazole rings is 1. The topological polar surface area (TPSA) is 76.6 Å². The molecular weight excluding hydrogens is 248 g/mol. The van der Waals surface area contributed by atoms with Gasteiger partial charge in [0.25, 0.3) is 0 Å². The lowest BCUT2D eigenvalue weighted by molar-refractivity contribution is 0.272. The van der Waals surface area contributed by atoms with Gasteiger partial charge in [0, 0.05) is 11.6 Å². The second kappa shape index (κ2) is 5.62. The van der Waals surface area contributed by atoms with Crippen LogP contribution in [-0.4, -0.2) is 36.4 Å². The van der Waals surface area contributed by atoms with Gasteiger partial charge in [-0.15, -0.1) is 0 Å². The molecule has 6 heteroatoms. The summed E-state index contributed by atoms with van der Waals surface area (Å²) in [7, 11) is 4.71. The largest absolute Gasteiger partial charge is 0.496 e. The van der Waals surface area contributed by atoms with Crippen molar-refractivity contribution in [3.63, 3.8) is 0 Å². The molecule has 1 heterocycles. The first-order valence-electron chi connectivity index (χ1n) is 5.68. The van der Waals surface area contributed by atoms with Crippen LogP contribution in [0, 0.1) is 0 Å². The molecule has 2 aromatic rings. The van der Waals surface area contributed by atoms with E-state index < -0.39 is 0 Å². The van der Waals surface area contributed by atoms with E-state index in [0.29, 0.717) is 23.1 Å². The highest BCUT2D eigenvalue weighted by atomic mass is 16.5. The summed E-state index contributed by atoms with van der Waals surface area (Å²) in [4.78, 5) is 7.06. The van der Waals surface area contributed by atoms with Crippen molar-refractivity contribution in [1.82, 2.24) is 9.97 Å². The number of hydrogen-bond acceptors (Lipinski definition) is 5. The van der Waals surface area contributed by atoms with Crippen LogP contribution in [0.1, 0.15) is 5.82 Å². The maximum Gasteiger partial charge on any atom is 0.164 e. The average molecular weight is 264 g/mol. The quantitative estimate of drug-likeness (QED) is 0.857. The maximum absolute atomic E-state index is 9.04. The predicted molar refractivity (Wildman–Crippen MR) is 69.6 cm³/mol. The zero-order valence-corrected chi connectivity index (χ0v) is 11.1. The van der Waals surface area contributed by atoms with Gasteiger partial charge in [-0.25, -0.2) is 4.98 Å². The number of aliphatic hydroxyl groups is 1. The molecule has 1 aromatic heterocycles. The van der Waals surface area contributed by atoms with E-state index in [9.17, 15) is 0 Å². The minimum Gasteiger partial charge on any atom is -0.496 e. The number of aliphatic hydroxyl groups excluding tert-OH is 1. The van der Waals surface area contributed by atoms with Gasteiger partial charge in [0.1, 0.15) is 18.2 Å². The Morgan fingerprint density at radius 2 is 1.68 bits per heavy atom. The van der Waals surface area contributed by atoms with E-state index in [0.717, 1.165) is 11.3 Å². The maximum atomic E-state index is 9.04. The second-order valence-electron chi connectivity index (χ2n) is 3.81. The average Bonchev–Trinajstić information content (AvgIpc) is 2.94. The van der Waals surface area contributed by atoms with Gasteiger partial charge in [0.2, 0.25) is 0 Å². The first-order chi connectivity index (χ1) is 9.23. The summed E-state index contributed by atoms with van der Waals surface area (Å²) in [6.07, 6.45) is 1.63. The fraction of sp³-hybridized carbons (Fsp3) is 0.308. The van der Waals surface area contributed by atoms with Crippen molar-refractivity contribution >= 4 is 0 Å². The molecule has 2 rings (SSSR count). The van der Waals surface area contributed by atoms with Crippen LogP contribution in [0.5, 0.6) is 17.2 Å². The summed E-state index contributed by atoms with van der Waals surface area (Å²) in [5.41, 5.74) is 1.52. The first kappa shape index (κ1) is 13.2. The molecule has 0 aliphatic heterocycles. The molecule has 0 unspecified atom stereocenters. The third-order valence-electron chi connectivity index (χ3n) is 2.77. The molecule has 1 aromatic carbocycles. The van der Waals surface area contributed by atoms with Crippen LogP contribution < -0.4 is 14.2 Å². The Morgan fingerprint density at radius 3 is 2.21 bits per heavy atom. The van der Waals surface area contributed by atoms with Gasteiger partial charge in [-0.3, -0.25) is 0 Å². The zero-order valence-electron chi connectivity index (χ0n) is 11.1. The van der Waals surface area contributed by atoms with E-state index in [4.69, 9.17) is 19.3 Å². The van der Waals surface area contributed by atoms with Crippen molar-refractivity contribution in [3.8, 4) is 28.5 Å². The minimum absolute atomic E-state index is 0.143. The molecule has 6 nitrogen and oxygen atoms in total. The minimum atomic E-state index is -0.143. The Morgan fingerprint density at radius 1 is 1.05 bits per heavy atom. The normalized spacial score (nSPS) is 10.3. The Hall–Kier alpha value is -2.21. The fourth-order valence-electron chi connectivity index (χ4n) is 1.82. The molecule has 0 amide bonds. The zero-order chi connectivity index (χ0) is 13.8. The molecular formula is C13H16N2O4. The van der Waals surface area contributed by atoms with Crippen molar-refractivity contribution in [3.05, 3.63) is 24.2 Å². The van der Waals surface area contributed by atoms with Gasteiger partial charge in [-0.05, 0) is 6.07 Å². The van der Waals surface area contributed by atoms with Crippen LogP contribution in [0.2, 0.25) is 0 Å². The van der Waals surface area contributed by atoms with Crippen molar-refractivity contribution < 1.29 is 19.3 Å². The number of rotatable bonds is 5. The van der Waals surface area contributed by atoms with Crippen LogP contribution in [0.15, 0.2) is 18.3 Å². The summed E-state index contributed by atoms with van der Waals surface area (Å²) in [5, 5.41) is 9.04. The molecule has 0 saturated heterocycles. The molecule has 0 radical (unpaired) electrons. The van der Waals surface area contributed by atoms with Crippen molar-refractivity contribution in [2.45, 2.75) is 6.61 Å². The van der Waals surface area contributed by atoms with Crippen molar-refractivity contribution in [2.75, 3.05) is 21.3 Å². The molecule has 102 valence electrons. The summed E-state index contributed by atoms with van der Waals surface area (Å²) in [6, 6.07) is 3.54. The van der Waals surface area contributed by atoms with E-state index in [1.54, 1.807) is 39.7 Å². The summed E-state index contributed by atoms with van der Waals surface area (Å²) in [6.45, 7) is -0.143. The molecule has 0 saturated carbocycles. The predicted octanol–water partition coefficient (Wildman–Crippen LogP) is 1.59. The van der Waals surface area contributed by atoms with Gasteiger partial charge >= 0.3 is 0 Å². The van der Waals surface area contributed by atoms with Crippen molar-refractivity contribution in [1.29, 1.82) is 0 Å². The molecule has 0 spiro atoms. The Bertz CT molecular complexity index is 566. The number of nitrogens with one attached hydrogen (secondary N) is 1. The van der Waals surface area contributed by atoms with Crippen molar-refractivity contribution in [2.24, 2.45) is 0 Å². The molecule has 0 atom stereocenters. The van der Waals surface area contributed by atoms with Gasteiger partial charge in [-0.1, -0.05) is 0 Å². The second-order valence-corrected chi connectivity index (χ2v) is 3.81. The van der Waals surface area contributed by atoms with Crippen LogP contribution >= 0.6 is 0 Å². The van der Waals surface area contributed by atoms with Crippen LogP contribution in [-0.2, 0) is 6.61 Å². The molecule has 0 aliphatic rings. The number of H-pyrrole nitrogens is 1. The molecule has 0 fully saturated rings. The third kappa shape index (κ3) is 2.48. The molecule has 0 aliphatic carbocycles. The van der Waals surface area contributed by atoms with Crippen LogP contribution in [0.3, 0.4) is 0 Å². The number of hydrogen-bond donors (Lipinski definition) is 2. The summed E-state index contributed by atoms with van der Waals surface area (Å²) < 4.78 is 15.8. The van der Waals surface area contributed by atoms with Gasteiger partial charge < -0.3 is 24.3 Å². The Kier molecular flexibility index (Phi) is 3.91. The highest BCUT2D eigenvalue weighted by Crippen LogP contribution is 2.39. The lowest BCUT2D eigenvalue weighted by Gasteiger charge is -2.13. The SMILES string of the molecule is COc1cc(OC)c(-c2cnc(CO)[nH]2)cc1OC. The first-order valence-corrected chi connectivity index (χ1v) is 5.68. The third-order valence-corrected chi connectivity index (χ3v) is 2.77. The number of aromatic nitrogens is 2. The number of nitrogens with zero attached hydrogens (tertiary/aromatic N) is 1. The monoisotopic (exact) mass is 264 g/mol. The van der Waals surface area contributed by atoms with E-state index in [1.807, 2.05) is 0 Å². The van der Waals surface area contributed by atoms with E-state index in [2.05, 4.69) is 9.97 Å². The summed E-state index contributed by atoms with van der Waals surface area (Å²) in [5.74, 6) is 2.31. The Balaban J connectivity index is 2.54. The highest BCUT2D eigenvalue weighted by Gasteiger charge is 2.14. The highest BCUT2D eigenvalue weighted by molar-refractivity contribution is 5.71. The lowest BCUT2D eigenvalue weighted by atomic mass is 10.1. The number of ether oxygens (including phenoxy) is 3. The number of benzene rings is 1. The molecule has 19 heavy (non-hydrogen) atoms. The summed E-state index contributed by atoms with van der Waals surface area (Å²) >= 11 is 0. The lowest BCUT2D eigenvalue weighted by Crippen LogP contribution is -1.95. The van der Waals surface area contributed by atoms with Crippen LogP contribution in [0.4, 0.5) is 0 Å². The molecule has 0 bridgehead atoms. The smallest absolute Gasteiger partial charge is 0.164 e. The fourth-order valence-corrected chi connectivity index (χ4v) is 1.82.